The molecule has 0 radical (unpaired) electrons. The Hall–Kier alpha value is -3.94. The maximum absolute atomic E-state index is 12.1. The van der Waals surface area contributed by atoms with Crippen LogP contribution in [0.5, 0.6) is 0 Å². The van der Waals surface area contributed by atoms with E-state index in [1.165, 1.54) is 6.33 Å². The van der Waals surface area contributed by atoms with Crippen molar-refractivity contribution in [3.63, 3.8) is 0 Å². The summed E-state index contributed by atoms with van der Waals surface area (Å²) in [6.07, 6.45) is 3.02. The maximum atomic E-state index is 12.1. The molecule has 4 N–H and O–H groups in total. The molecule has 8 heteroatoms. The Kier molecular flexibility index (Phi) is 3.91. The molecule has 0 aliphatic rings. The zero-order chi connectivity index (χ0) is 17.9. The van der Waals surface area contributed by atoms with Gasteiger partial charge in [0.05, 0.1) is 11.0 Å². The molecule has 0 saturated heterocycles. The van der Waals surface area contributed by atoms with Crippen molar-refractivity contribution in [3.05, 3.63) is 72.8 Å². The molecule has 4 rings (SSSR count). The van der Waals surface area contributed by atoms with Crippen LogP contribution in [0.1, 0.15) is 10.4 Å². The Balaban J connectivity index is 1.61. The fourth-order valence-corrected chi connectivity index (χ4v) is 2.58. The average molecular weight is 345 g/mol. The average Bonchev–Trinajstić information content (AvgIpc) is 3.11. The molecule has 0 atom stereocenters. The van der Waals surface area contributed by atoms with Crippen LogP contribution >= 0.6 is 0 Å². The third kappa shape index (κ3) is 2.80. The van der Waals surface area contributed by atoms with Crippen molar-refractivity contribution in [2.24, 2.45) is 0 Å². The molecule has 2 aromatic carbocycles. The first kappa shape index (κ1) is 15.6. The van der Waals surface area contributed by atoms with E-state index in [1.807, 2.05) is 30.3 Å². The number of nitrogens with two attached hydrogens (primary N) is 1. The van der Waals surface area contributed by atoms with Crippen LogP contribution in [-0.4, -0.2) is 25.4 Å². The summed E-state index contributed by atoms with van der Waals surface area (Å²) in [5, 5.41) is 0. The number of amides is 1. The molecule has 0 fully saturated rings. The maximum Gasteiger partial charge on any atom is 0.269 e. The van der Waals surface area contributed by atoms with E-state index in [1.54, 1.807) is 35.2 Å². The van der Waals surface area contributed by atoms with Crippen molar-refractivity contribution in [1.29, 1.82) is 0 Å². The van der Waals surface area contributed by atoms with Crippen molar-refractivity contribution in [2.45, 2.75) is 0 Å². The fraction of sp³-hybridized carbons (Fsp3) is 0. The van der Waals surface area contributed by atoms with Crippen molar-refractivity contribution < 1.29 is 4.79 Å². The lowest BCUT2D eigenvalue weighted by Crippen LogP contribution is -2.30. The summed E-state index contributed by atoms with van der Waals surface area (Å²) < 4.78 is 1.77. The Morgan fingerprint density at radius 3 is 2.58 bits per heavy atom. The van der Waals surface area contributed by atoms with Gasteiger partial charge in [0.15, 0.2) is 11.6 Å². The first-order chi connectivity index (χ1) is 12.7. The van der Waals surface area contributed by atoms with Gasteiger partial charge < -0.3 is 5.73 Å². The zero-order valence-corrected chi connectivity index (χ0v) is 13.6. The van der Waals surface area contributed by atoms with E-state index in [-0.39, 0.29) is 5.91 Å². The summed E-state index contributed by atoms with van der Waals surface area (Å²) in [6, 6.07) is 16.5. The third-order valence-corrected chi connectivity index (χ3v) is 3.88. The summed E-state index contributed by atoms with van der Waals surface area (Å²) in [5.41, 5.74) is 14.1. The topological polar surface area (TPSA) is 111 Å². The smallest absolute Gasteiger partial charge is 0.269 e. The van der Waals surface area contributed by atoms with Crippen LogP contribution < -0.4 is 16.6 Å². The number of aromatic nitrogens is 4. The number of hydrogen-bond acceptors (Lipinski definition) is 6. The molecule has 0 spiro atoms. The molecule has 0 saturated carbocycles. The minimum absolute atomic E-state index is 0.293. The quantitative estimate of drug-likeness (QED) is 0.489. The minimum atomic E-state index is -0.293. The lowest BCUT2D eigenvalue weighted by molar-refractivity contribution is 0.0962. The Labute approximate surface area is 148 Å². The molecular weight excluding hydrogens is 330 g/mol. The molecule has 0 aliphatic heterocycles. The van der Waals surface area contributed by atoms with Crippen LogP contribution in [0, 0.1) is 0 Å². The Morgan fingerprint density at radius 1 is 0.962 bits per heavy atom. The highest BCUT2D eigenvalue weighted by Gasteiger charge is 2.13. The molecule has 8 nitrogen and oxygen atoms in total. The highest BCUT2D eigenvalue weighted by atomic mass is 16.2. The lowest BCUT2D eigenvalue weighted by Gasteiger charge is -2.12. The van der Waals surface area contributed by atoms with Crippen molar-refractivity contribution in [2.75, 3.05) is 11.2 Å². The first-order valence-corrected chi connectivity index (χ1v) is 7.88. The van der Waals surface area contributed by atoms with Crippen LogP contribution in [0.4, 0.5) is 11.5 Å². The highest BCUT2D eigenvalue weighted by molar-refractivity contribution is 5.95. The van der Waals surface area contributed by atoms with E-state index in [0.717, 1.165) is 11.0 Å². The molecule has 2 heterocycles. The SMILES string of the molecule is Nc1c(NNC(=O)c2ccccc2)ncnc1-n1cnc2ccccc21. The number of nitrogens with zero attached hydrogens (tertiary/aromatic N) is 4. The molecular formula is C18H15N7O. The van der Waals surface area contributed by atoms with Gasteiger partial charge in [0.25, 0.3) is 5.91 Å². The molecule has 1 amide bonds. The number of fused-ring (bicyclic) bond motifs is 1. The van der Waals surface area contributed by atoms with Gasteiger partial charge in [0.1, 0.15) is 18.3 Å². The van der Waals surface area contributed by atoms with Crippen LogP contribution in [0.15, 0.2) is 67.3 Å². The highest BCUT2D eigenvalue weighted by Crippen LogP contribution is 2.24. The monoisotopic (exact) mass is 345 g/mol. The first-order valence-electron chi connectivity index (χ1n) is 7.88. The summed E-state index contributed by atoms with van der Waals surface area (Å²) >= 11 is 0. The number of imidazole rings is 1. The summed E-state index contributed by atoms with van der Waals surface area (Å²) in [6.45, 7) is 0. The lowest BCUT2D eigenvalue weighted by atomic mass is 10.2. The van der Waals surface area contributed by atoms with E-state index < -0.39 is 0 Å². The largest absolute Gasteiger partial charge is 0.393 e. The second-order valence-electron chi connectivity index (χ2n) is 5.51. The predicted molar refractivity (Wildman–Crippen MR) is 98.6 cm³/mol. The Morgan fingerprint density at radius 2 is 1.73 bits per heavy atom. The van der Waals surface area contributed by atoms with Crippen molar-refractivity contribution in [3.8, 4) is 5.82 Å². The van der Waals surface area contributed by atoms with E-state index in [2.05, 4.69) is 25.8 Å². The molecule has 0 bridgehead atoms. The van der Waals surface area contributed by atoms with Crippen LogP contribution in [0.2, 0.25) is 0 Å². The second kappa shape index (κ2) is 6.52. The van der Waals surface area contributed by atoms with Gasteiger partial charge >= 0.3 is 0 Å². The number of carbonyl (C=O) groups excluding carboxylic acids is 1. The van der Waals surface area contributed by atoms with Gasteiger partial charge in [-0.3, -0.25) is 20.2 Å². The van der Waals surface area contributed by atoms with E-state index in [0.29, 0.717) is 22.9 Å². The molecule has 2 aromatic heterocycles. The van der Waals surface area contributed by atoms with Crippen LogP contribution in [-0.2, 0) is 0 Å². The number of hydrogen-bond donors (Lipinski definition) is 3. The molecule has 0 aliphatic carbocycles. The summed E-state index contributed by atoms with van der Waals surface area (Å²) in [4.78, 5) is 24.8. The van der Waals surface area contributed by atoms with E-state index in [9.17, 15) is 4.79 Å². The normalized spacial score (nSPS) is 10.6. The number of nitrogens with one attached hydrogen (secondary N) is 2. The van der Waals surface area contributed by atoms with Gasteiger partial charge in [-0.25, -0.2) is 15.0 Å². The number of para-hydroxylation sites is 2. The summed E-state index contributed by atoms with van der Waals surface area (Å²) in [5.74, 6) is 0.487. The minimum Gasteiger partial charge on any atom is -0.393 e. The molecule has 4 aromatic rings. The third-order valence-electron chi connectivity index (χ3n) is 3.88. The zero-order valence-electron chi connectivity index (χ0n) is 13.6. The predicted octanol–water partition coefficient (Wildman–Crippen LogP) is 2.15. The van der Waals surface area contributed by atoms with Gasteiger partial charge in [0, 0.05) is 5.56 Å². The standard InChI is InChI=1S/C18H15N7O/c19-15-16(23-24-18(26)12-6-2-1-3-7-12)20-10-21-17(15)25-11-22-13-8-4-5-9-14(13)25/h1-11H,19H2,(H,24,26)(H,20,21,23). The van der Waals surface area contributed by atoms with E-state index >= 15 is 0 Å². The molecule has 26 heavy (non-hydrogen) atoms. The molecule has 0 unspecified atom stereocenters. The van der Waals surface area contributed by atoms with Gasteiger partial charge in [-0.05, 0) is 24.3 Å². The van der Waals surface area contributed by atoms with Crippen LogP contribution in [0.3, 0.4) is 0 Å². The van der Waals surface area contributed by atoms with Crippen molar-refractivity contribution in [1.82, 2.24) is 24.9 Å². The van der Waals surface area contributed by atoms with Gasteiger partial charge in [-0.1, -0.05) is 30.3 Å². The van der Waals surface area contributed by atoms with Crippen molar-refractivity contribution >= 4 is 28.4 Å². The fourth-order valence-electron chi connectivity index (χ4n) is 2.58. The summed E-state index contributed by atoms with van der Waals surface area (Å²) in [7, 11) is 0. The van der Waals surface area contributed by atoms with E-state index in [4.69, 9.17) is 5.73 Å². The number of hydrazine groups is 1. The van der Waals surface area contributed by atoms with Crippen LogP contribution in [0.25, 0.3) is 16.9 Å². The number of nitrogen functional groups attached to an aromatic ring is 1. The van der Waals surface area contributed by atoms with Gasteiger partial charge in [-0.2, -0.15) is 0 Å². The Bertz CT molecular complexity index is 1080. The number of rotatable bonds is 4. The number of carbonyl (C=O) groups is 1. The second-order valence-corrected chi connectivity index (χ2v) is 5.51. The number of anilines is 2. The van der Waals surface area contributed by atoms with Gasteiger partial charge in [0.2, 0.25) is 0 Å². The molecule has 128 valence electrons. The number of benzene rings is 2. The van der Waals surface area contributed by atoms with Gasteiger partial charge in [-0.15, -0.1) is 0 Å².